The van der Waals surface area contributed by atoms with Crippen LogP contribution in [-0.2, 0) is 0 Å². The molecule has 0 amide bonds. The van der Waals surface area contributed by atoms with Crippen molar-refractivity contribution in [3.63, 3.8) is 0 Å². The maximum Gasteiger partial charge on any atom is 0.162 e. The molecule has 2 aromatic heterocycles. The van der Waals surface area contributed by atoms with Gasteiger partial charge in [0.2, 0.25) is 0 Å². The summed E-state index contributed by atoms with van der Waals surface area (Å²) in [7, 11) is 4.11. The van der Waals surface area contributed by atoms with Crippen molar-refractivity contribution in [1.29, 1.82) is 0 Å². The van der Waals surface area contributed by atoms with Crippen LogP contribution in [0, 0.1) is 0 Å². The van der Waals surface area contributed by atoms with Crippen LogP contribution >= 0.6 is 0 Å². The molecule has 0 fully saturated rings. The molecule has 1 N–H and O–H groups in total. The van der Waals surface area contributed by atoms with Crippen molar-refractivity contribution in [1.82, 2.24) is 19.9 Å². The highest BCUT2D eigenvalue weighted by Crippen LogP contribution is 2.23. The second-order valence-electron chi connectivity index (χ2n) is 5.79. The van der Waals surface area contributed by atoms with Gasteiger partial charge in [-0.25, -0.2) is 9.97 Å². The number of likely N-dealkylation sites (N-methyl/N-ethyl adjacent to an activating group) is 1. The third-order valence-electron chi connectivity index (χ3n) is 3.60. The highest BCUT2D eigenvalue weighted by molar-refractivity contribution is 5.67. The Hall–Kier alpha value is -2.79. The first-order valence-corrected chi connectivity index (χ1v) is 7.96. The maximum atomic E-state index is 4.73. The minimum atomic E-state index is 0.700. The molecule has 0 bridgehead atoms. The Morgan fingerprint density at radius 3 is 2.38 bits per heavy atom. The van der Waals surface area contributed by atoms with Crippen molar-refractivity contribution < 1.29 is 0 Å². The molecule has 1 aromatic carbocycles. The van der Waals surface area contributed by atoms with Gasteiger partial charge >= 0.3 is 0 Å². The van der Waals surface area contributed by atoms with E-state index in [1.165, 1.54) is 0 Å². The monoisotopic (exact) mass is 319 g/mol. The van der Waals surface area contributed by atoms with Crippen molar-refractivity contribution in [2.45, 2.75) is 0 Å². The number of pyridine rings is 1. The van der Waals surface area contributed by atoms with E-state index in [9.17, 15) is 0 Å². The molecule has 0 aliphatic carbocycles. The standard InChI is InChI=1S/C19H21N5/c1-24(2)13-12-21-18-14-17(15-6-4-3-5-7-15)22-19(23-18)16-8-10-20-11-9-16/h3-11,14H,12-13H2,1-2H3,(H,21,22,23). The second kappa shape index (κ2) is 7.66. The predicted octanol–water partition coefficient (Wildman–Crippen LogP) is 3.18. The molecule has 122 valence electrons. The molecule has 0 aliphatic heterocycles. The van der Waals surface area contributed by atoms with Crippen molar-refractivity contribution >= 4 is 5.82 Å². The molecule has 0 unspecified atom stereocenters. The van der Waals surface area contributed by atoms with Gasteiger partial charge in [0.1, 0.15) is 5.82 Å². The largest absolute Gasteiger partial charge is 0.369 e. The summed E-state index contributed by atoms with van der Waals surface area (Å²) in [4.78, 5) is 15.6. The van der Waals surface area contributed by atoms with E-state index in [0.717, 1.165) is 35.7 Å². The second-order valence-corrected chi connectivity index (χ2v) is 5.79. The topological polar surface area (TPSA) is 53.9 Å². The SMILES string of the molecule is CN(C)CCNc1cc(-c2ccccc2)nc(-c2ccncc2)n1. The molecular formula is C19H21N5. The Bertz CT molecular complexity index is 715. The van der Waals surface area contributed by atoms with Crippen LogP contribution in [0.1, 0.15) is 0 Å². The van der Waals surface area contributed by atoms with Gasteiger partial charge in [0.25, 0.3) is 0 Å². The molecule has 0 aliphatic rings. The summed E-state index contributed by atoms with van der Waals surface area (Å²) in [6.45, 7) is 1.77. The lowest BCUT2D eigenvalue weighted by Gasteiger charge is -2.13. The molecule has 5 heteroatoms. The number of hydrogen-bond acceptors (Lipinski definition) is 5. The minimum Gasteiger partial charge on any atom is -0.369 e. The number of nitrogens with zero attached hydrogens (tertiary/aromatic N) is 4. The normalized spacial score (nSPS) is 10.8. The van der Waals surface area contributed by atoms with Gasteiger partial charge in [-0.05, 0) is 26.2 Å². The van der Waals surface area contributed by atoms with Crippen molar-refractivity contribution in [3.8, 4) is 22.6 Å². The van der Waals surface area contributed by atoms with Crippen LogP contribution in [-0.4, -0.2) is 47.0 Å². The van der Waals surface area contributed by atoms with Crippen LogP contribution in [0.15, 0.2) is 60.9 Å². The van der Waals surface area contributed by atoms with Gasteiger partial charge in [-0.15, -0.1) is 0 Å². The Labute approximate surface area is 142 Å². The summed E-state index contributed by atoms with van der Waals surface area (Å²) in [5, 5.41) is 3.39. The molecule has 0 radical (unpaired) electrons. The zero-order valence-electron chi connectivity index (χ0n) is 14.0. The smallest absolute Gasteiger partial charge is 0.162 e. The summed E-state index contributed by atoms with van der Waals surface area (Å²) in [6, 6.07) is 16.0. The molecule has 3 aromatic rings. The van der Waals surface area contributed by atoms with E-state index in [0.29, 0.717) is 5.82 Å². The van der Waals surface area contributed by atoms with E-state index < -0.39 is 0 Å². The number of anilines is 1. The highest BCUT2D eigenvalue weighted by Gasteiger charge is 2.08. The summed E-state index contributed by atoms with van der Waals surface area (Å²) >= 11 is 0. The number of hydrogen-bond donors (Lipinski definition) is 1. The van der Waals surface area contributed by atoms with Crippen molar-refractivity contribution in [2.24, 2.45) is 0 Å². The highest BCUT2D eigenvalue weighted by atomic mass is 15.1. The third-order valence-corrected chi connectivity index (χ3v) is 3.60. The fraction of sp³-hybridized carbons (Fsp3) is 0.211. The Morgan fingerprint density at radius 1 is 0.917 bits per heavy atom. The molecule has 0 atom stereocenters. The summed E-state index contributed by atoms with van der Waals surface area (Å²) in [5.41, 5.74) is 2.94. The minimum absolute atomic E-state index is 0.700. The van der Waals surface area contributed by atoms with Crippen LogP contribution in [0.5, 0.6) is 0 Å². The number of aromatic nitrogens is 3. The maximum absolute atomic E-state index is 4.73. The third kappa shape index (κ3) is 4.14. The van der Waals surface area contributed by atoms with Crippen LogP contribution in [0.2, 0.25) is 0 Å². The molecule has 2 heterocycles. The first-order valence-electron chi connectivity index (χ1n) is 7.96. The first kappa shape index (κ1) is 16.1. The molecule has 0 saturated carbocycles. The van der Waals surface area contributed by atoms with Crippen LogP contribution < -0.4 is 5.32 Å². The van der Waals surface area contributed by atoms with Gasteiger partial charge in [-0.2, -0.15) is 0 Å². The Balaban J connectivity index is 1.96. The van der Waals surface area contributed by atoms with Gasteiger partial charge in [-0.3, -0.25) is 4.98 Å². The zero-order valence-corrected chi connectivity index (χ0v) is 14.0. The number of rotatable bonds is 6. The van der Waals surface area contributed by atoms with E-state index in [-0.39, 0.29) is 0 Å². The van der Waals surface area contributed by atoms with E-state index in [2.05, 4.69) is 46.4 Å². The lowest BCUT2D eigenvalue weighted by atomic mass is 10.1. The van der Waals surface area contributed by atoms with Gasteiger partial charge < -0.3 is 10.2 Å². The molecule has 3 rings (SSSR count). The summed E-state index contributed by atoms with van der Waals surface area (Å²) in [6.07, 6.45) is 3.51. The van der Waals surface area contributed by atoms with Crippen molar-refractivity contribution in [2.75, 3.05) is 32.5 Å². The number of benzene rings is 1. The lowest BCUT2D eigenvalue weighted by Crippen LogP contribution is -2.21. The quantitative estimate of drug-likeness (QED) is 0.756. The molecule has 24 heavy (non-hydrogen) atoms. The average Bonchev–Trinajstić information content (AvgIpc) is 2.63. The van der Waals surface area contributed by atoms with Gasteiger partial charge in [0.15, 0.2) is 5.82 Å². The molecule has 5 nitrogen and oxygen atoms in total. The molecule has 0 saturated heterocycles. The molecule has 0 spiro atoms. The number of nitrogens with one attached hydrogen (secondary N) is 1. The van der Waals surface area contributed by atoms with Gasteiger partial charge in [0.05, 0.1) is 5.69 Å². The van der Waals surface area contributed by atoms with E-state index in [4.69, 9.17) is 4.98 Å². The zero-order chi connectivity index (χ0) is 16.8. The predicted molar refractivity (Wildman–Crippen MR) is 97.7 cm³/mol. The average molecular weight is 319 g/mol. The van der Waals surface area contributed by atoms with Crippen LogP contribution in [0.25, 0.3) is 22.6 Å². The first-order chi connectivity index (χ1) is 11.7. The van der Waals surface area contributed by atoms with Gasteiger partial charge in [0, 0.05) is 42.7 Å². The van der Waals surface area contributed by atoms with Crippen LogP contribution in [0.4, 0.5) is 5.82 Å². The Kier molecular flexibility index (Phi) is 5.13. The van der Waals surface area contributed by atoms with Crippen molar-refractivity contribution in [3.05, 3.63) is 60.9 Å². The lowest BCUT2D eigenvalue weighted by molar-refractivity contribution is 0.425. The Morgan fingerprint density at radius 2 is 1.67 bits per heavy atom. The van der Waals surface area contributed by atoms with E-state index >= 15 is 0 Å². The van der Waals surface area contributed by atoms with E-state index in [1.54, 1.807) is 12.4 Å². The van der Waals surface area contributed by atoms with E-state index in [1.807, 2.05) is 36.4 Å². The molecular weight excluding hydrogens is 298 g/mol. The van der Waals surface area contributed by atoms with Gasteiger partial charge in [-0.1, -0.05) is 30.3 Å². The summed E-state index contributed by atoms with van der Waals surface area (Å²) in [5.74, 6) is 1.53. The fourth-order valence-electron chi connectivity index (χ4n) is 2.33. The van der Waals surface area contributed by atoms with Crippen LogP contribution in [0.3, 0.4) is 0 Å². The fourth-order valence-corrected chi connectivity index (χ4v) is 2.33. The summed E-state index contributed by atoms with van der Waals surface area (Å²) < 4.78 is 0.